The van der Waals surface area contributed by atoms with E-state index in [1.807, 2.05) is 0 Å². The third-order valence-corrected chi connectivity index (χ3v) is 4.17. The Morgan fingerprint density at radius 3 is 2.48 bits per heavy atom. The van der Waals surface area contributed by atoms with Crippen LogP contribution >= 0.6 is 28.3 Å². The minimum absolute atomic E-state index is 0. The van der Waals surface area contributed by atoms with Gasteiger partial charge in [0.25, 0.3) is 11.6 Å². The van der Waals surface area contributed by atoms with Gasteiger partial charge in [0, 0.05) is 10.5 Å². The monoisotopic (exact) mass is 409 g/mol. The molecule has 0 bridgehead atoms. The van der Waals surface area contributed by atoms with Crippen molar-refractivity contribution in [3.05, 3.63) is 32.8 Å². The first-order valence-corrected chi connectivity index (χ1v) is 7.38. The quantitative estimate of drug-likeness (QED) is 0.546. The Labute approximate surface area is 133 Å². The summed E-state index contributed by atoms with van der Waals surface area (Å²) in [6.07, 6.45) is 0. The molecular formula is C9H11BrClF2N3O4S. The van der Waals surface area contributed by atoms with Crippen molar-refractivity contribution >= 4 is 44.0 Å². The van der Waals surface area contributed by atoms with E-state index in [0.717, 1.165) is 12.1 Å². The second-order valence-electron chi connectivity index (χ2n) is 3.75. The molecule has 12 heteroatoms. The number of nitro groups is 1. The molecule has 3 N–H and O–H groups in total. The molecule has 21 heavy (non-hydrogen) atoms. The van der Waals surface area contributed by atoms with E-state index in [1.54, 1.807) is 4.72 Å². The highest BCUT2D eigenvalue weighted by Gasteiger charge is 2.32. The molecule has 0 unspecified atom stereocenters. The summed E-state index contributed by atoms with van der Waals surface area (Å²) in [4.78, 5) is 9.19. The smallest absolute Gasteiger partial charge is 0.290 e. The van der Waals surface area contributed by atoms with Crippen LogP contribution in [0.4, 0.5) is 14.5 Å². The van der Waals surface area contributed by atoms with Crippen LogP contribution in [-0.2, 0) is 10.0 Å². The molecule has 0 saturated carbocycles. The molecule has 0 radical (unpaired) electrons. The summed E-state index contributed by atoms with van der Waals surface area (Å²) in [5.41, 5.74) is 4.05. The average Bonchev–Trinajstić information content (AvgIpc) is 2.36. The Morgan fingerprint density at radius 2 is 2.00 bits per heavy atom. The molecule has 1 aromatic rings. The molecule has 0 amide bonds. The van der Waals surface area contributed by atoms with Crippen molar-refractivity contribution < 1.29 is 22.1 Å². The highest BCUT2D eigenvalue weighted by molar-refractivity contribution is 9.10. The normalized spacial score (nSPS) is 11.8. The third-order valence-electron chi connectivity index (χ3n) is 2.23. The zero-order valence-electron chi connectivity index (χ0n) is 10.3. The summed E-state index contributed by atoms with van der Waals surface area (Å²) in [5.74, 6) is -3.43. The molecule has 1 aromatic carbocycles. The van der Waals surface area contributed by atoms with Gasteiger partial charge in [-0.25, -0.2) is 21.9 Å². The fraction of sp³-hybridized carbons (Fsp3) is 0.333. The van der Waals surface area contributed by atoms with Crippen LogP contribution in [0.1, 0.15) is 0 Å². The molecule has 0 aliphatic rings. The number of halogens is 4. The maximum absolute atomic E-state index is 12.9. The zero-order chi connectivity index (χ0) is 15.6. The first-order chi connectivity index (χ1) is 9.09. The van der Waals surface area contributed by atoms with E-state index >= 15 is 0 Å². The Balaban J connectivity index is 0.00000400. The Bertz CT molecular complexity index is 629. The molecule has 1 rings (SSSR count). The highest BCUT2D eigenvalue weighted by Crippen LogP contribution is 2.27. The van der Waals surface area contributed by atoms with E-state index in [1.165, 1.54) is 6.07 Å². The van der Waals surface area contributed by atoms with Crippen LogP contribution in [0.5, 0.6) is 0 Å². The second-order valence-corrected chi connectivity index (χ2v) is 6.40. The first-order valence-electron chi connectivity index (χ1n) is 5.10. The van der Waals surface area contributed by atoms with E-state index in [2.05, 4.69) is 15.9 Å². The van der Waals surface area contributed by atoms with Gasteiger partial charge in [0.15, 0.2) is 4.90 Å². The summed E-state index contributed by atoms with van der Waals surface area (Å²) >= 11 is 2.96. The summed E-state index contributed by atoms with van der Waals surface area (Å²) in [7, 11) is -4.44. The van der Waals surface area contributed by atoms with E-state index < -0.39 is 44.5 Å². The van der Waals surface area contributed by atoms with Gasteiger partial charge >= 0.3 is 0 Å². The van der Waals surface area contributed by atoms with Crippen LogP contribution in [0, 0.1) is 10.1 Å². The topological polar surface area (TPSA) is 115 Å². The highest BCUT2D eigenvalue weighted by atomic mass is 79.9. The molecule has 0 fully saturated rings. The summed E-state index contributed by atoms with van der Waals surface area (Å²) in [6, 6.07) is 3.17. The van der Waals surface area contributed by atoms with Crippen molar-refractivity contribution in [1.82, 2.24) is 4.72 Å². The van der Waals surface area contributed by atoms with Gasteiger partial charge in [0.05, 0.1) is 18.0 Å². The van der Waals surface area contributed by atoms with Gasteiger partial charge in [0.1, 0.15) is 0 Å². The number of rotatable bonds is 6. The van der Waals surface area contributed by atoms with Gasteiger partial charge in [0.2, 0.25) is 10.0 Å². The lowest BCUT2D eigenvalue weighted by molar-refractivity contribution is -0.387. The van der Waals surface area contributed by atoms with Crippen molar-refractivity contribution in [3.63, 3.8) is 0 Å². The van der Waals surface area contributed by atoms with Gasteiger partial charge in [-0.3, -0.25) is 10.1 Å². The predicted octanol–water partition coefficient (Wildman–Crippen LogP) is 1.65. The maximum Gasteiger partial charge on any atom is 0.290 e. The molecule has 0 heterocycles. The molecule has 0 aliphatic heterocycles. The molecule has 0 aromatic heterocycles. The summed E-state index contributed by atoms with van der Waals surface area (Å²) < 4.78 is 51.4. The maximum atomic E-state index is 12.9. The number of nitrogens with one attached hydrogen (secondary N) is 1. The molecule has 0 aliphatic carbocycles. The first kappa shape index (κ1) is 20.1. The summed E-state index contributed by atoms with van der Waals surface area (Å²) in [6.45, 7) is -2.28. The van der Waals surface area contributed by atoms with Gasteiger partial charge in [-0.05, 0) is 12.1 Å². The van der Waals surface area contributed by atoms with Gasteiger partial charge in [-0.15, -0.1) is 12.4 Å². The van der Waals surface area contributed by atoms with Gasteiger partial charge in [-0.2, -0.15) is 0 Å². The van der Waals surface area contributed by atoms with Crippen LogP contribution < -0.4 is 10.5 Å². The molecule has 120 valence electrons. The number of sulfonamides is 1. The van der Waals surface area contributed by atoms with E-state index in [4.69, 9.17) is 5.73 Å². The minimum atomic E-state index is -4.44. The second kappa shape index (κ2) is 7.40. The van der Waals surface area contributed by atoms with Gasteiger partial charge in [-0.1, -0.05) is 15.9 Å². The van der Waals surface area contributed by atoms with E-state index in [9.17, 15) is 27.3 Å². The van der Waals surface area contributed by atoms with Gasteiger partial charge < -0.3 is 5.73 Å². The average molecular weight is 411 g/mol. The van der Waals surface area contributed by atoms with Crippen LogP contribution in [0.3, 0.4) is 0 Å². The molecule has 7 nitrogen and oxygen atoms in total. The van der Waals surface area contributed by atoms with E-state index in [-0.39, 0.29) is 16.9 Å². The lowest BCUT2D eigenvalue weighted by Gasteiger charge is -2.14. The Kier molecular flexibility index (Phi) is 7.09. The van der Waals surface area contributed by atoms with Crippen LogP contribution in [-0.4, -0.2) is 32.4 Å². The van der Waals surface area contributed by atoms with Crippen molar-refractivity contribution in [1.29, 1.82) is 0 Å². The number of hydrogen-bond acceptors (Lipinski definition) is 5. The molecular weight excluding hydrogens is 400 g/mol. The van der Waals surface area contributed by atoms with Crippen molar-refractivity contribution in [3.8, 4) is 0 Å². The zero-order valence-corrected chi connectivity index (χ0v) is 13.5. The SMILES string of the molecule is Cl.NCC(F)(F)CNS(=O)(=O)c1ccc(Br)cc1[N+](=O)[O-]. The number of nitrogens with zero attached hydrogens (tertiary/aromatic N) is 1. The minimum Gasteiger partial charge on any atom is -0.325 e. The van der Waals surface area contributed by atoms with Crippen LogP contribution in [0.25, 0.3) is 0 Å². The van der Waals surface area contributed by atoms with Crippen LogP contribution in [0.15, 0.2) is 27.6 Å². The standard InChI is InChI=1S/C9H10BrF2N3O4S.ClH/c10-6-1-2-8(7(3-6)15(16)17)20(18,19)14-5-9(11,12)4-13;/h1-3,14H,4-5,13H2;1H. The molecule has 0 atom stereocenters. The van der Waals surface area contributed by atoms with E-state index in [0.29, 0.717) is 0 Å². The molecule has 0 spiro atoms. The van der Waals surface area contributed by atoms with Crippen molar-refractivity contribution in [2.45, 2.75) is 10.8 Å². The fourth-order valence-electron chi connectivity index (χ4n) is 1.21. The lowest BCUT2D eigenvalue weighted by Crippen LogP contribution is -2.41. The summed E-state index contributed by atoms with van der Waals surface area (Å²) in [5, 5.41) is 10.8. The number of nitro benzene ring substituents is 1. The predicted molar refractivity (Wildman–Crippen MR) is 77.2 cm³/mol. The third kappa shape index (κ3) is 5.43. The number of benzene rings is 1. The number of alkyl halides is 2. The number of hydrogen-bond donors (Lipinski definition) is 2. The largest absolute Gasteiger partial charge is 0.325 e. The van der Waals surface area contributed by atoms with Crippen molar-refractivity contribution in [2.24, 2.45) is 5.73 Å². The Morgan fingerprint density at radius 1 is 1.43 bits per heavy atom. The van der Waals surface area contributed by atoms with Crippen molar-refractivity contribution in [2.75, 3.05) is 13.1 Å². The number of nitrogens with two attached hydrogens (primary N) is 1. The fourth-order valence-corrected chi connectivity index (χ4v) is 2.77. The van der Waals surface area contributed by atoms with Crippen LogP contribution in [0.2, 0.25) is 0 Å². The lowest BCUT2D eigenvalue weighted by atomic mass is 10.3. The molecule has 0 saturated heterocycles. The Hall–Kier alpha value is -0.880.